The van der Waals surface area contributed by atoms with E-state index in [1.54, 1.807) is 12.1 Å². The molecule has 38 heavy (non-hydrogen) atoms. The van der Waals surface area contributed by atoms with Gasteiger partial charge in [0.05, 0.1) is 6.04 Å². The van der Waals surface area contributed by atoms with Gasteiger partial charge in [-0.1, -0.05) is 12.1 Å². The molecule has 2 rings (SSSR count). The molecule has 4 unspecified atom stereocenters. The number of carboxylic acid groups (broad SMARTS) is 2. The summed E-state index contributed by atoms with van der Waals surface area (Å²) in [5, 5.41) is 32.6. The average Bonchev–Trinajstić information content (AvgIpc) is 3.35. The number of nitrogens with two attached hydrogens (primary N) is 2. The molecule has 1 aromatic rings. The Kier molecular flexibility index (Phi) is 11.0. The minimum Gasteiger partial charge on any atom is -0.508 e. The predicted molar refractivity (Wildman–Crippen MR) is 131 cm³/mol. The van der Waals surface area contributed by atoms with Gasteiger partial charge in [0.1, 0.15) is 23.9 Å². The Morgan fingerprint density at radius 3 is 2.21 bits per heavy atom. The molecule has 1 heterocycles. The van der Waals surface area contributed by atoms with Crippen molar-refractivity contribution in [3.8, 4) is 5.75 Å². The summed E-state index contributed by atoms with van der Waals surface area (Å²) in [6.45, 7) is 0.166. The van der Waals surface area contributed by atoms with Crippen molar-refractivity contribution < 1.29 is 44.1 Å². The first kappa shape index (κ1) is 30.0. The highest BCUT2D eigenvalue weighted by Gasteiger charge is 2.39. The molecule has 0 aliphatic carbocycles. The van der Waals surface area contributed by atoms with Crippen LogP contribution >= 0.6 is 0 Å². The van der Waals surface area contributed by atoms with E-state index in [2.05, 4.69) is 10.6 Å². The summed E-state index contributed by atoms with van der Waals surface area (Å²) in [6.07, 6.45) is -0.305. The fraction of sp³-hybridized carbons (Fsp3) is 0.500. The van der Waals surface area contributed by atoms with E-state index in [1.807, 2.05) is 0 Å². The van der Waals surface area contributed by atoms with Gasteiger partial charge in [-0.3, -0.25) is 24.0 Å². The number of amides is 4. The number of phenolic OH excluding ortho intramolecular Hbond substituents is 1. The number of nitrogens with zero attached hydrogens (tertiary/aromatic N) is 1. The summed E-state index contributed by atoms with van der Waals surface area (Å²) >= 11 is 0. The van der Waals surface area contributed by atoms with Gasteiger partial charge in [0.25, 0.3) is 0 Å². The first-order chi connectivity index (χ1) is 17.9. The van der Waals surface area contributed by atoms with Crippen molar-refractivity contribution in [1.29, 1.82) is 0 Å². The molecule has 208 valence electrons. The molecule has 9 N–H and O–H groups in total. The van der Waals surface area contributed by atoms with E-state index in [0.717, 1.165) is 0 Å². The Morgan fingerprint density at radius 2 is 1.63 bits per heavy atom. The minimum atomic E-state index is -1.45. The number of carboxylic acids is 2. The van der Waals surface area contributed by atoms with Gasteiger partial charge in [-0.15, -0.1) is 0 Å². The third-order valence-electron chi connectivity index (χ3n) is 6.13. The van der Waals surface area contributed by atoms with Crippen molar-refractivity contribution in [2.75, 3.05) is 6.54 Å². The van der Waals surface area contributed by atoms with Crippen LogP contribution in [0.1, 0.15) is 44.1 Å². The van der Waals surface area contributed by atoms with E-state index in [4.69, 9.17) is 16.6 Å². The van der Waals surface area contributed by atoms with Crippen LogP contribution in [-0.2, 0) is 35.2 Å². The molecule has 4 amide bonds. The van der Waals surface area contributed by atoms with Gasteiger partial charge in [0.2, 0.25) is 23.6 Å². The van der Waals surface area contributed by atoms with Crippen LogP contribution in [0.5, 0.6) is 5.75 Å². The third-order valence-corrected chi connectivity index (χ3v) is 6.13. The number of primary amides is 1. The van der Waals surface area contributed by atoms with Gasteiger partial charge < -0.3 is 42.3 Å². The summed E-state index contributed by atoms with van der Waals surface area (Å²) in [7, 11) is 0. The standard InChI is InChI=1S/C24H33N5O9/c25-15(7-9-19(26)31)21(34)28-17(12-13-3-5-14(30)6-4-13)23(36)29-11-1-2-18(29)22(35)27-16(24(37)38)8-10-20(32)33/h3-6,15-18,30H,1-2,7-12,25H2,(H2,26,31)(H,27,35)(H,28,34)(H,32,33)(H,37,38). The molecule has 1 saturated heterocycles. The second-order valence-corrected chi connectivity index (χ2v) is 9.06. The zero-order valence-electron chi connectivity index (χ0n) is 20.7. The van der Waals surface area contributed by atoms with Gasteiger partial charge in [-0.05, 0) is 43.4 Å². The topological polar surface area (TPSA) is 242 Å². The van der Waals surface area contributed by atoms with Gasteiger partial charge in [-0.25, -0.2) is 4.79 Å². The number of aliphatic carboxylic acids is 2. The molecule has 4 atom stereocenters. The van der Waals surface area contributed by atoms with Crippen LogP contribution < -0.4 is 22.1 Å². The molecule has 1 fully saturated rings. The summed E-state index contributed by atoms with van der Waals surface area (Å²) in [5.74, 6) is -5.32. The number of likely N-dealkylation sites (tertiary alicyclic amines) is 1. The first-order valence-electron chi connectivity index (χ1n) is 12.1. The van der Waals surface area contributed by atoms with Crippen molar-refractivity contribution in [3.63, 3.8) is 0 Å². The first-order valence-corrected chi connectivity index (χ1v) is 12.1. The monoisotopic (exact) mass is 535 g/mol. The van der Waals surface area contributed by atoms with Crippen molar-refractivity contribution in [3.05, 3.63) is 29.8 Å². The number of aromatic hydroxyl groups is 1. The molecule has 1 aromatic carbocycles. The molecule has 1 aliphatic rings. The van der Waals surface area contributed by atoms with Crippen molar-refractivity contribution in [2.24, 2.45) is 11.5 Å². The lowest BCUT2D eigenvalue weighted by Crippen LogP contribution is -2.57. The van der Waals surface area contributed by atoms with Crippen LogP contribution in [0.3, 0.4) is 0 Å². The second-order valence-electron chi connectivity index (χ2n) is 9.06. The van der Waals surface area contributed by atoms with E-state index >= 15 is 0 Å². The Morgan fingerprint density at radius 1 is 0.974 bits per heavy atom. The van der Waals surface area contributed by atoms with Crippen LogP contribution in [0.25, 0.3) is 0 Å². The average molecular weight is 536 g/mol. The number of hydrogen-bond donors (Lipinski definition) is 7. The lowest BCUT2D eigenvalue weighted by molar-refractivity contribution is -0.145. The highest BCUT2D eigenvalue weighted by molar-refractivity contribution is 5.94. The van der Waals surface area contributed by atoms with Crippen LogP contribution in [0, 0.1) is 0 Å². The lowest BCUT2D eigenvalue weighted by Gasteiger charge is -2.30. The SMILES string of the molecule is NC(=O)CCC(N)C(=O)NC(Cc1ccc(O)cc1)C(=O)N1CCCC1C(=O)NC(CCC(=O)O)C(=O)O. The molecular formula is C24H33N5O9. The Bertz CT molecular complexity index is 1050. The van der Waals surface area contributed by atoms with Crippen LogP contribution in [0.4, 0.5) is 0 Å². The van der Waals surface area contributed by atoms with E-state index in [9.17, 15) is 39.0 Å². The lowest BCUT2D eigenvalue weighted by atomic mass is 10.0. The van der Waals surface area contributed by atoms with E-state index in [-0.39, 0.29) is 44.4 Å². The van der Waals surface area contributed by atoms with Crippen molar-refractivity contribution >= 4 is 35.6 Å². The van der Waals surface area contributed by atoms with Crippen molar-refractivity contribution in [2.45, 2.75) is 69.1 Å². The Hall–Kier alpha value is -4.20. The molecule has 0 bridgehead atoms. The molecule has 14 nitrogen and oxygen atoms in total. The summed E-state index contributed by atoms with van der Waals surface area (Å²) in [5.41, 5.74) is 11.5. The van der Waals surface area contributed by atoms with Gasteiger partial charge in [-0.2, -0.15) is 0 Å². The fourth-order valence-electron chi connectivity index (χ4n) is 4.07. The largest absolute Gasteiger partial charge is 0.508 e. The molecular weight excluding hydrogens is 502 g/mol. The quantitative estimate of drug-likeness (QED) is 0.144. The fourth-order valence-corrected chi connectivity index (χ4v) is 4.07. The molecule has 1 aliphatic heterocycles. The number of hydrogen-bond acceptors (Lipinski definition) is 8. The van der Waals surface area contributed by atoms with E-state index in [0.29, 0.717) is 12.0 Å². The maximum Gasteiger partial charge on any atom is 0.326 e. The highest BCUT2D eigenvalue weighted by Crippen LogP contribution is 2.21. The number of rotatable bonds is 14. The molecule has 14 heteroatoms. The van der Waals surface area contributed by atoms with Gasteiger partial charge in [0, 0.05) is 25.8 Å². The van der Waals surface area contributed by atoms with Crippen molar-refractivity contribution in [1.82, 2.24) is 15.5 Å². The second kappa shape index (κ2) is 13.9. The third kappa shape index (κ3) is 9.03. The number of phenols is 1. The van der Waals surface area contributed by atoms with Gasteiger partial charge >= 0.3 is 11.9 Å². The van der Waals surface area contributed by atoms with Gasteiger partial charge in [0.15, 0.2) is 0 Å². The zero-order valence-corrected chi connectivity index (χ0v) is 20.7. The normalized spacial score (nSPS) is 17.2. The Labute approximate surface area is 218 Å². The van der Waals surface area contributed by atoms with Crippen LogP contribution in [0.15, 0.2) is 24.3 Å². The molecule has 0 saturated carbocycles. The summed E-state index contributed by atoms with van der Waals surface area (Å²) in [4.78, 5) is 73.8. The smallest absolute Gasteiger partial charge is 0.326 e. The molecule has 0 radical (unpaired) electrons. The highest BCUT2D eigenvalue weighted by atomic mass is 16.4. The molecule has 0 spiro atoms. The predicted octanol–water partition coefficient (Wildman–Crippen LogP) is -1.56. The minimum absolute atomic E-state index is 0.00120. The summed E-state index contributed by atoms with van der Waals surface area (Å²) in [6, 6.07) is 1.16. The maximum absolute atomic E-state index is 13.6. The zero-order chi connectivity index (χ0) is 28.4. The number of benzene rings is 1. The summed E-state index contributed by atoms with van der Waals surface area (Å²) < 4.78 is 0. The van der Waals surface area contributed by atoms with E-state index in [1.165, 1.54) is 17.0 Å². The van der Waals surface area contributed by atoms with Crippen LogP contribution in [0.2, 0.25) is 0 Å². The number of carbonyl (C=O) groups is 6. The van der Waals surface area contributed by atoms with Crippen LogP contribution in [-0.4, -0.2) is 86.5 Å². The maximum atomic E-state index is 13.6. The number of nitrogens with one attached hydrogen (secondary N) is 2. The van der Waals surface area contributed by atoms with E-state index < -0.39 is 66.2 Å². The number of carbonyl (C=O) groups excluding carboxylic acids is 4. The Balaban J connectivity index is 2.20. The molecule has 0 aromatic heterocycles.